The lowest BCUT2D eigenvalue weighted by atomic mass is 10.1. The van der Waals surface area contributed by atoms with E-state index in [1.54, 1.807) is 52.6 Å². The van der Waals surface area contributed by atoms with Gasteiger partial charge in [-0.05, 0) is 29.8 Å². The Morgan fingerprint density at radius 2 is 2.12 bits per heavy atom. The van der Waals surface area contributed by atoms with Crippen LogP contribution in [0.2, 0.25) is 0 Å². The first kappa shape index (κ1) is 15.8. The molecule has 7 nitrogen and oxygen atoms in total. The van der Waals surface area contributed by atoms with Crippen LogP contribution in [-0.4, -0.2) is 49.0 Å². The van der Waals surface area contributed by atoms with Crippen molar-refractivity contribution in [2.75, 3.05) is 13.2 Å². The molecule has 1 N–H and O–H groups in total. The number of aromatic nitrogens is 4. The van der Waals surface area contributed by atoms with Crippen molar-refractivity contribution in [3.8, 4) is 5.69 Å². The fourth-order valence-electron chi connectivity index (χ4n) is 2.40. The molecule has 7 heteroatoms. The van der Waals surface area contributed by atoms with Crippen LogP contribution in [0.1, 0.15) is 15.9 Å². The molecule has 0 saturated heterocycles. The first-order valence-electron chi connectivity index (χ1n) is 7.54. The molecule has 2 heterocycles. The third-order valence-corrected chi connectivity index (χ3v) is 3.53. The number of rotatable bonds is 6. The van der Waals surface area contributed by atoms with Crippen LogP contribution in [0, 0.1) is 0 Å². The van der Waals surface area contributed by atoms with Crippen molar-refractivity contribution < 1.29 is 9.90 Å². The van der Waals surface area contributed by atoms with Crippen LogP contribution in [0.15, 0.2) is 61.2 Å². The highest BCUT2D eigenvalue weighted by Crippen LogP contribution is 2.13. The molecule has 3 rings (SSSR count). The summed E-state index contributed by atoms with van der Waals surface area (Å²) in [5, 5.41) is 17.0. The maximum absolute atomic E-state index is 12.8. The average Bonchev–Trinajstić information content (AvgIpc) is 3.16. The normalized spacial score (nSPS) is 10.5. The lowest BCUT2D eigenvalue weighted by molar-refractivity contribution is 0.0707. The Morgan fingerprint density at radius 1 is 1.21 bits per heavy atom. The van der Waals surface area contributed by atoms with E-state index in [0.29, 0.717) is 12.1 Å². The predicted molar refractivity (Wildman–Crippen MR) is 87.4 cm³/mol. The number of hydrogen-bond acceptors (Lipinski definition) is 5. The van der Waals surface area contributed by atoms with E-state index in [1.165, 1.54) is 0 Å². The fraction of sp³-hybridized carbons (Fsp3) is 0.176. The highest BCUT2D eigenvalue weighted by molar-refractivity contribution is 5.94. The van der Waals surface area contributed by atoms with Crippen molar-refractivity contribution in [3.63, 3.8) is 0 Å². The number of benzene rings is 1. The highest BCUT2D eigenvalue weighted by Gasteiger charge is 2.16. The van der Waals surface area contributed by atoms with Gasteiger partial charge in [0.25, 0.3) is 5.91 Å². The van der Waals surface area contributed by atoms with Gasteiger partial charge in [0.1, 0.15) is 0 Å². The zero-order chi connectivity index (χ0) is 16.8. The Labute approximate surface area is 139 Å². The molecule has 1 aromatic carbocycles. The lowest BCUT2D eigenvalue weighted by Crippen LogP contribution is -2.33. The van der Waals surface area contributed by atoms with Crippen LogP contribution in [-0.2, 0) is 6.54 Å². The summed E-state index contributed by atoms with van der Waals surface area (Å²) in [5.74, 6) is -0.158. The number of nitrogens with zero attached hydrogens (tertiary/aromatic N) is 5. The van der Waals surface area contributed by atoms with E-state index in [4.69, 9.17) is 0 Å². The number of carbonyl (C=O) groups excluding carboxylic acids is 1. The molecule has 24 heavy (non-hydrogen) atoms. The van der Waals surface area contributed by atoms with Crippen LogP contribution >= 0.6 is 0 Å². The molecule has 0 aliphatic heterocycles. The third-order valence-electron chi connectivity index (χ3n) is 3.53. The van der Waals surface area contributed by atoms with Crippen LogP contribution in [0.3, 0.4) is 0 Å². The van der Waals surface area contributed by atoms with Gasteiger partial charge in [-0.2, -0.15) is 0 Å². The van der Waals surface area contributed by atoms with Gasteiger partial charge < -0.3 is 10.0 Å². The summed E-state index contributed by atoms with van der Waals surface area (Å²) in [6.07, 6.45) is 6.69. The van der Waals surface area contributed by atoms with Gasteiger partial charge in [0.15, 0.2) is 0 Å². The second kappa shape index (κ2) is 7.47. The van der Waals surface area contributed by atoms with Gasteiger partial charge in [0.2, 0.25) is 0 Å². The summed E-state index contributed by atoms with van der Waals surface area (Å²) in [6.45, 7) is 0.539. The minimum atomic E-state index is -0.158. The molecule has 3 aromatic rings. The molecule has 0 unspecified atom stereocenters. The quantitative estimate of drug-likeness (QED) is 0.739. The number of pyridine rings is 1. The second-order valence-electron chi connectivity index (χ2n) is 5.21. The summed E-state index contributed by atoms with van der Waals surface area (Å²) in [4.78, 5) is 18.5. The van der Waals surface area contributed by atoms with Crippen molar-refractivity contribution in [1.82, 2.24) is 24.9 Å². The maximum Gasteiger partial charge on any atom is 0.254 e. The van der Waals surface area contributed by atoms with E-state index in [-0.39, 0.29) is 19.1 Å². The van der Waals surface area contributed by atoms with Gasteiger partial charge in [-0.3, -0.25) is 9.78 Å². The fourth-order valence-corrected chi connectivity index (χ4v) is 2.40. The highest BCUT2D eigenvalue weighted by atomic mass is 16.3. The Morgan fingerprint density at radius 3 is 2.83 bits per heavy atom. The van der Waals surface area contributed by atoms with Crippen molar-refractivity contribution in [1.29, 1.82) is 0 Å². The monoisotopic (exact) mass is 323 g/mol. The smallest absolute Gasteiger partial charge is 0.254 e. The topological polar surface area (TPSA) is 84.1 Å². The number of amides is 1. The van der Waals surface area contributed by atoms with Gasteiger partial charge in [-0.15, -0.1) is 5.10 Å². The van der Waals surface area contributed by atoms with E-state index in [1.807, 2.05) is 18.2 Å². The summed E-state index contributed by atoms with van der Waals surface area (Å²) >= 11 is 0. The van der Waals surface area contributed by atoms with E-state index in [0.717, 1.165) is 11.3 Å². The standard InChI is InChI=1S/C17H17N5O2/c23-10-9-21(13-14-3-2-6-18-12-14)17(24)15-4-1-5-16(11-15)22-8-7-19-20-22/h1-8,11-12,23H,9-10,13H2. The lowest BCUT2D eigenvalue weighted by Gasteiger charge is -2.22. The van der Waals surface area contributed by atoms with Crippen LogP contribution in [0.5, 0.6) is 0 Å². The molecular formula is C17H17N5O2. The summed E-state index contributed by atoms with van der Waals surface area (Å²) in [6, 6.07) is 10.9. The third kappa shape index (κ3) is 3.64. The SMILES string of the molecule is O=C(c1cccc(-n2ccnn2)c1)N(CCO)Cc1cccnc1. The Bertz CT molecular complexity index is 790. The largest absolute Gasteiger partial charge is 0.395 e. The van der Waals surface area contributed by atoms with E-state index in [9.17, 15) is 9.90 Å². The average molecular weight is 323 g/mol. The van der Waals surface area contributed by atoms with Gasteiger partial charge in [-0.25, -0.2) is 4.68 Å². The Balaban J connectivity index is 1.83. The summed E-state index contributed by atoms with van der Waals surface area (Å²) in [5.41, 5.74) is 2.19. The Kier molecular flexibility index (Phi) is 4.93. The number of hydrogen-bond donors (Lipinski definition) is 1. The molecular weight excluding hydrogens is 306 g/mol. The van der Waals surface area contributed by atoms with Crippen molar-refractivity contribution in [3.05, 3.63) is 72.3 Å². The van der Waals surface area contributed by atoms with E-state index >= 15 is 0 Å². The van der Waals surface area contributed by atoms with Gasteiger partial charge in [0.05, 0.1) is 24.7 Å². The Hall–Kier alpha value is -3.06. The molecule has 0 saturated carbocycles. The molecule has 0 radical (unpaired) electrons. The first-order chi connectivity index (χ1) is 11.8. The molecule has 0 atom stereocenters. The minimum Gasteiger partial charge on any atom is -0.395 e. The molecule has 0 aliphatic rings. The van der Waals surface area contributed by atoms with Gasteiger partial charge in [0, 0.05) is 31.0 Å². The summed E-state index contributed by atoms with van der Waals surface area (Å²) in [7, 11) is 0. The predicted octanol–water partition coefficient (Wildman–Crippen LogP) is 1.30. The van der Waals surface area contributed by atoms with Crippen molar-refractivity contribution in [2.45, 2.75) is 6.54 Å². The minimum absolute atomic E-state index is 0.102. The number of aliphatic hydroxyl groups is 1. The zero-order valence-corrected chi connectivity index (χ0v) is 13.0. The molecule has 122 valence electrons. The van der Waals surface area contributed by atoms with Crippen molar-refractivity contribution >= 4 is 5.91 Å². The summed E-state index contributed by atoms with van der Waals surface area (Å²) < 4.78 is 1.59. The van der Waals surface area contributed by atoms with E-state index in [2.05, 4.69) is 15.3 Å². The molecule has 2 aromatic heterocycles. The van der Waals surface area contributed by atoms with Crippen LogP contribution in [0.25, 0.3) is 5.69 Å². The molecule has 0 fully saturated rings. The molecule has 0 aliphatic carbocycles. The molecule has 1 amide bonds. The number of aliphatic hydroxyl groups excluding tert-OH is 1. The van der Waals surface area contributed by atoms with Gasteiger partial charge >= 0.3 is 0 Å². The van der Waals surface area contributed by atoms with Crippen LogP contribution in [0.4, 0.5) is 0 Å². The first-order valence-corrected chi connectivity index (χ1v) is 7.54. The maximum atomic E-state index is 12.8. The number of carbonyl (C=O) groups is 1. The van der Waals surface area contributed by atoms with E-state index < -0.39 is 0 Å². The zero-order valence-electron chi connectivity index (χ0n) is 13.0. The second-order valence-corrected chi connectivity index (χ2v) is 5.21. The molecule has 0 spiro atoms. The van der Waals surface area contributed by atoms with Gasteiger partial charge in [-0.1, -0.05) is 17.3 Å². The van der Waals surface area contributed by atoms with Crippen LogP contribution < -0.4 is 0 Å². The molecule has 0 bridgehead atoms. The van der Waals surface area contributed by atoms with Crippen molar-refractivity contribution in [2.24, 2.45) is 0 Å².